The lowest BCUT2D eigenvalue weighted by atomic mass is 9.95. The second-order valence-corrected chi connectivity index (χ2v) is 7.19. The maximum Gasteiger partial charge on any atom is 0.251 e. The van der Waals surface area contributed by atoms with Gasteiger partial charge >= 0.3 is 0 Å². The Balaban J connectivity index is 2.11. The number of carbonyl (C=O) groups is 2. The molecule has 0 aliphatic carbocycles. The number of benzene rings is 1. The highest BCUT2D eigenvalue weighted by Crippen LogP contribution is 2.17. The number of likely N-dealkylation sites (tertiary alicyclic amines) is 1. The summed E-state index contributed by atoms with van der Waals surface area (Å²) in [6.45, 7) is 5.48. The number of halogens is 1. The second kappa shape index (κ2) is 9.20. The molecule has 1 aromatic carbocycles. The molecule has 1 aliphatic heterocycles. The summed E-state index contributed by atoms with van der Waals surface area (Å²) >= 11 is 5.88. The maximum absolute atomic E-state index is 13.0. The van der Waals surface area contributed by atoms with Gasteiger partial charge in [-0.15, -0.1) is 0 Å². The summed E-state index contributed by atoms with van der Waals surface area (Å²) in [6, 6.07) is 6.52. The molecule has 0 bridgehead atoms. The van der Waals surface area contributed by atoms with Crippen molar-refractivity contribution < 1.29 is 9.59 Å². The third-order valence-corrected chi connectivity index (χ3v) is 5.27. The number of likely N-dealkylation sites (N-methyl/N-ethyl adjacent to an activating group) is 1. The first-order valence-electron chi connectivity index (χ1n) is 8.98. The standard InChI is InChI=1S/C19H28ClN3O2/c1-4-13(2)17(19(25)23-11-5-6-16(12-23)21-3)22-18(24)14-7-9-15(20)10-8-14/h7-10,13,16-17,21H,4-6,11-12H2,1-3H3,(H,22,24). The summed E-state index contributed by atoms with van der Waals surface area (Å²) < 4.78 is 0. The number of nitrogens with zero attached hydrogens (tertiary/aromatic N) is 1. The van der Waals surface area contributed by atoms with E-state index in [9.17, 15) is 9.59 Å². The third kappa shape index (κ3) is 5.19. The van der Waals surface area contributed by atoms with Crippen molar-refractivity contribution in [2.45, 2.75) is 45.2 Å². The van der Waals surface area contributed by atoms with Crippen LogP contribution in [0.3, 0.4) is 0 Å². The molecule has 0 radical (unpaired) electrons. The van der Waals surface area contributed by atoms with Gasteiger partial charge in [-0.3, -0.25) is 9.59 Å². The molecule has 2 amide bonds. The first-order chi connectivity index (χ1) is 12.0. The average molecular weight is 366 g/mol. The molecule has 1 aromatic rings. The van der Waals surface area contributed by atoms with E-state index in [4.69, 9.17) is 11.6 Å². The molecule has 5 nitrogen and oxygen atoms in total. The van der Waals surface area contributed by atoms with Crippen LogP contribution in [0.4, 0.5) is 0 Å². The van der Waals surface area contributed by atoms with E-state index in [0.29, 0.717) is 23.2 Å². The Hall–Kier alpha value is -1.59. The fourth-order valence-electron chi connectivity index (χ4n) is 3.12. The first kappa shape index (κ1) is 19.7. The van der Waals surface area contributed by atoms with Crippen molar-refractivity contribution in [3.63, 3.8) is 0 Å². The van der Waals surface area contributed by atoms with Crippen molar-refractivity contribution in [1.29, 1.82) is 0 Å². The fraction of sp³-hybridized carbons (Fsp3) is 0.579. The highest BCUT2D eigenvalue weighted by atomic mass is 35.5. The number of piperidine rings is 1. The molecule has 138 valence electrons. The van der Waals surface area contributed by atoms with Gasteiger partial charge in [0.1, 0.15) is 6.04 Å². The van der Waals surface area contributed by atoms with Gasteiger partial charge in [0.15, 0.2) is 0 Å². The normalized spacial score (nSPS) is 20.0. The second-order valence-electron chi connectivity index (χ2n) is 6.76. The van der Waals surface area contributed by atoms with Gasteiger partial charge in [-0.1, -0.05) is 31.9 Å². The number of hydrogen-bond donors (Lipinski definition) is 2. The number of amides is 2. The minimum atomic E-state index is -0.510. The molecule has 2 N–H and O–H groups in total. The Morgan fingerprint density at radius 1 is 1.32 bits per heavy atom. The van der Waals surface area contributed by atoms with E-state index in [1.807, 2.05) is 25.8 Å². The molecule has 1 fully saturated rings. The van der Waals surface area contributed by atoms with E-state index in [2.05, 4.69) is 10.6 Å². The van der Waals surface area contributed by atoms with Gasteiger partial charge in [-0.2, -0.15) is 0 Å². The van der Waals surface area contributed by atoms with E-state index >= 15 is 0 Å². The summed E-state index contributed by atoms with van der Waals surface area (Å²) in [6.07, 6.45) is 2.88. The summed E-state index contributed by atoms with van der Waals surface area (Å²) in [4.78, 5) is 27.5. The van der Waals surface area contributed by atoms with Crippen LogP contribution in [0.15, 0.2) is 24.3 Å². The predicted octanol–water partition coefficient (Wildman–Crippen LogP) is 2.69. The van der Waals surface area contributed by atoms with E-state index in [1.54, 1.807) is 24.3 Å². The van der Waals surface area contributed by atoms with Crippen LogP contribution >= 0.6 is 11.6 Å². The molecule has 0 saturated carbocycles. The molecular formula is C19H28ClN3O2. The largest absolute Gasteiger partial charge is 0.340 e. The van der Waals surface area contributed by atoms with Gasteiger partial charge < -0.3 is 15.5 Å². The molecule has 6 heteroatoms. The van der Waals surface area contributed by atoms with Gasteiger partial charge in [0.2, 0.25) is 5.91 Å². The molecule has 1 heterocycles. The smallest absolute Gasteiger partial charge is 0.251 e. The van der Waals surface area contributed by atoms with E-state index in [-0.39, 0.29) is 17.7 Å². The summed E-state index contributed by atoms with van der Waals surface area (Å²) in [5.41, 5.74) is 0.511. The Labute approximate surface area is 155 Å². The number of nitrogens with one attached hydrogen (secondary N) is 2. The maximum atomic E-state index is 13.0. The van der Waals surface area contributed by atoms with Gasteiger partial charge in [0, 0.05) is 29.7 Å². The zero-order valence-corrected chi connectivity index (χ0v) is 16.0. The van der Waals surface area contributed by atoms with Crippen LogP contribution in [-0.4, -0.2) is 48.9 Å². The Morgan fingerprint density at radius 2 is 2.00 bits per heavy atom. The van der Waals surface area contributed by atoms with Crippen LogP contribution in [-0.2, 0) is 4.79 Å². The quantitative estimate of drug-likeness (QED) is 0.814. The van der Waals surface area contributed by atoms with E-state index < -0.39 is 6.04 Å². The monoisotopic (exact) mass is 365 g/mol. The van der Waals surface area contributed by atoms with Crippen molar-refractivity contribution in [2.24, 2.45) is 5.92 Å². The van der Waals surface area contributed by atoms with Gasteiger partial charge in [-0.05, 0) is 50.1 Å². The summed E-state index contributed by atoms with van der Waals surface area (Å²) in [5, 5.41) is 6.77. The first-order valence-corrected chi connectivity index (χ1v) is 9.36. The lowest BCUT2D eigenvalue weighted by molar-refractivity contribution is -0.135. The highest BCUT2D eigenvalue weighted by Gasteiger charge is 2.32. The van der Waals surface area contributed by atoms with E-state index in [0.717, 1.165) is 25.8 Å². The molecule has 3 unspecified atom stereocenters. The number of carbonyl (C=O) groups excluding carboxylic acids is 2. The van der Waals surface area contributed by atoms with E-state index in [1.165, 1.54) is 0 Å². The Morgan fingerprint density at radius 3 is 2.60 bits per heavy atom. The van der Waals surface area contributed by atoms with Gasteiger partial charge in [0.05, 0.1) is 0 Å². The van der Waals surface area contributed by atoms with Crippen LogP contribution in [0.25, 0.3) is 0 Å². The fourth-order valence-corrected chi connectivity index (χ4v) is 3.24. The van der Waals surface area contributed by atoms with Crippen molar-refractivity contribution in [3.05, 3.63) is 34.9 Å². The van der Waals surface area contributed by atoms with Crippen LogP contribution in [0, 0.1) is 5.92 Å². The van der Waals surface area contributed by atoms with Crippen LogP contribution < -0.4 is 10.6 Å². The zero-order chi connectivity index (χ0) is 18.4. The SMILES string of the molecule is CCC(C)C(NC(=O)c1ccc(Cl)cc1)C(=O)N1CCCC(NC)C1. The number of rotatable bonds is 6. The lowest BCUT2D eigenvalue weighted by Crippen LogP contribution is -2.56. The molecule has 1 saturated heterocycles. The third-order valence-electron chi connectivity index (χ3n) is 5.01. The van der Waals surface area contributed by atoms with Crippen LogP contribution in [0.1, 0.15) is 43.5 Å². The minimum absolute atomic E-state index is 0.0108. The van der Waals surface area contributed by atoms with Crippen LogP contribution in [0.2, 0.25) is 5.02 Å². The minimum Gasteiger partial charge on any atom is -0.340 e. The molecule has 2 rings (SSSR count). The molecular weight excluding hydrogens is 338 g/mol. The summed E-state index contributed by atoms with van der Waals surface area (Å²) in [7, 11) is 1.92. The van der Waals surface area contributed by atoms with Crippen molar-refractivity contribution >= 4 is 23.4 Å². The van der Waals surface area contributed by atoms with Gasteiger partial charge in [0.25, 0.3) is 5.91 Å². The summed E-state index contributed by atoms with van der Waals surface area (Å²) in [5.74, 6) is -0.159. The molecule has 1 aliphatic rings. The van der Waals surface area contributed by atoms with Crippen molar-refractivity contribution in [3.8, 4) is 0 Å². The topological polar surface area (TPSA) is 61.4 Å². The van der Waals surface area contributed by atoms with Crippen molar-refractivity contribution in [1.82, 2.24) is 15.5 Å². The average Bonchev–Trinajstić information content (AvgIpc) is 2.65. The highest BCUT2D eigenvalue weighted by molar-refractivity contribution is 6.30. The molecule has 25 heavy (non-hydrogen) atoms. The van der Waals surface area contributed by atoms with Crippen molar-refractivity contribution in [2.75, 3.05) is 20.1 Å². The van der Waals surface area contributed by atoms with Gasteiger partial charge in [-0.25, -0.2) is 0 Å². The predicted molar refractivity (Wildman–Crippen MR) is 101 cm³/mol. The van der Waals surface area contributed by atoms with Crippen LogP contribution in [0.5, 0.6) is 0 Å². The zero-order valence-electron chi connectivity index (χ0n) is 15.2. The molecule has 3 atom stereocenters. The Bertz CT molecular complexity index is 591. The molecule has 0 spiro atoms. The number of hydrogen-bond acceptors (Lipinski definition) is 3. The lowest BCUT2D eigenvalue weighted by Gasteiger charge is -2.36. The Kier molecular flexibility index (Phi) is 7.26. The molecule has 0 aromatic heterocycles.